The molecule has 1 rings (SSSR count). The van der Waals surface area contributed by atoms with Gasteiger partial charge in [-0.3, -0.25) is 5.32 Å². The summed E-state index contributed by atoms with van der Waals surface area (Å²) in [7, 11) is 0. The molecule has 0 atom stereocenters. The fourth-order valence-corrected chi connectivity index (χ4v) is 1.09. The van der Waals surface area contributed by atoms with Gasteiger partial charge < -0.3 is 14.9 Å². The minimum Gasteiger partial charge on any atom is -0.507 e. The molecule has 1 amide bonds. The van der Waals surface area contributed by atoms with Crippen molar-refractivity contribution >= 4 is 17.7 Å². The molecule has 0 fully saturated rings. The van der Waals surface area contributed by atoms with Gasteiger partial charge in [-0.05, 0) is 18.2 Å². The van der Waals surface area contributed by atoms with Crippen LogP contribution in [0.3, 0.4) is 0 Å². The van der Waals surface area contributed by atoms with Gasteiger partial charge in [0.05, 0.1) is 0 Å². The number of benzene rings is 1. The average molecular weight is 279 g/mol. The van der Waals surface area contributed by atoms with E-state index in [1.807, 2.05) is 5.32 Å². The molecule has 0 radical (unpaired) electrons. The van der Waals surface area contributed by atoms with E-state index in [0.29, 0.717) is 0 Å². The molecule has 0 unspecified atom stereocenters. The summed E-state index contributed by atoms with van der Waals surface area (Å²) in [6.45, 7) is -1.76. The van der Waals surface area contributed by atoms with Crippen LogP contribution in [-0.4, -0.2) is 35.1 Å². The second-order valence-electron chi connectivity index (χ2n) is 3.35. The summed E-state index contributed by atoms with van der Waals surface area (Å²) in [5.74, 6) is -1.99. The fourth-order valence-electron chi connectivity index (χ4n) is 1.09. The molecule has 19 heavy (non-hydrogen) atoms. The average Bonchev–Trinajstić information content (AvgIpc) is 2.28. The lowest BCUT2D eigenvalue weighted by Gasteiger charge is -2.09. The van der Waals surface area contributed by atoms with Gasteiger partial charge >= 0.3 is 18.2 Å². The summed E-state index contributed by atoms with van der Waals surface area (Å²) in [5, 5.41) is 19.8. The quantitative estimate of drug-likeness (QED) is 0.737. The summed E-state index contributed by atoms with van der Waals surface area (Å²) < 4.78 is 39.1. The highest BCUT2D eigenvalue weighted by molar-refractivity contribution is 5.93. The number of carboxylic acids is 1. The standard InChI is InChI=1S/C10H8F3NO5/c11-10(12,13)4-19-9(18)14-5-1-2-7(15)6(3-5)8(16)17/h1-3,15H,4H2,(H,14,18)(H,16,17). The maximum absolute atomic E-state index is 11.8. The Hall–Kier alpha value is -2.45. The van der Waals surface area contributed by atoms with Crippen molar-refractivity contribution in [1.82, 2.24) is 0 Å². The number of alkyl halides is 3. The van der Waals surface area contributed by atoms with E-state index in [1.165, 1.54) is 0 Å². The summed E-state index contributed by atoms with van der Waals surface area (Å²) in [5.41, 5.74) is -0.629. The van der Waals surface area contributed by atoms with Crippen LogP contribution < -0.4 is 5.32 Å². The minimum atomic E-state index is -4.65. The topological polar surface area (TPSA) is 95.9 Å². The number of carboxylic acid groups (broad SMARTS) is 1. The van der Waals surface area contributed by atoms with Gasteiger partial charge in [-0.1, -0.05) is 0 Å². The van der Waals surface area contributed by atoms with Gasteiger partial charge in [0.25, 0.3) is 0 Å². The van der Waals surface area contributed by atoms with E-state index in [4.69, 9.17) is 5.11 Å². The highest BCUT2D eigenvalue weighted by Crippen LogP contribution is 2.22. The number of ether oxygens (including phenoxy) is 1. The Morgan fingerprint density at radius 2 is 1.95 bits per heavy atom. The predicted molar refractivity (Wildman–Crippen MR) is 56.1 cm³/mol. The van der Waals surface area contributed by atoms with E-state index in [0.717, 1.165) is 18.2 Å². The Morgan fingerprint density at radius 3 is 2.47 bits per heavy atom. The largest absolute Gasteiger partial charge is 0.507 e. The number of aromatic hydroxyl groups is 1. The zero-order valence-electron chi connectivity index (χ0n) is 9.19. The fraction of sp³-hybridized carbons (Fsp3) is 0.200. The van der Waals surface area contributed by atoms with Crippen molar-refractivity contribution in [2.75, 3.05) is 11.9 Å². The number of halogens is 3. The molecule has 0 aromatic heterocycles. The Balaban J connectivity index is 2.70. The Labute approximate surface area is 104 Å². The smallest absolute Gasteiger partial charge is 0.422 e. The van der Waals surface area contributed by atoms with Gasteiger partial charge in [0.15, 0.2) is 6.61 Å². The van der Waals surface area contributed by atoms with Crippen molar-refractivity contribution in [3.63, 3.8) is 0 Å². The summed E-state index contributed by atoms with van der Waals surface area (Å²) in [6.07, 6.45) is -6.04. The molecule has 0 aliphatic rings. The lowest BCUT2D eigenvalue weighted by atomic mass is 10.2. The van der Waals surface area contributed by atoms with Crippen LogP contribution in [0.25, 0.3) is 0 Å². The first-order valence-electron chi connectivity index (χ1n) is 4.76. The lowest BCUT2D eigenvalue weighted by Crippen LogP contribution is -2.23. The number of rotatable bonds is 3. The SMILES string of the molecule is O=C(Nc1ccc(O)c(C(=O)O)c1)OCC(F)(F)F. The summed E-state index contributed by atoms with van der Waals surface area (Å²) in [6, 6.07) is 2.96. The number of nitrogens with one attached hydrogen (secondary N) is 1. The molecule has 0 aliphatic heterocycles. The second kappa shape index (κ2) is 5.46. The van der Waals surface area contributed by atoms with E-state index < -0.39 is 36.2 Å². The number of carbonyl (C=O) groups excluding carboxylic acids is 1. The van der Waals surface area contributed by atoms with Gasteiger partial charge in [-0.15, -0.1) is 0 Å². The van der Waals surface area contributed by atoms with Crippen LogP contribution in [0.15, 0.2) is 18.2 Å². The molecule has 0 spiro atoms. The Kier molecular flexibility index (Phi) is 4.20. The van der Waals surface area contributed by atoms with Crippen molar-refractivity contribution in [2.24, 2.45) is 0 Å². The number of hydrogen-bond donors (Lipinski definition) is 3. The van der Waals surface area contributed by atoms with Crippen LogP contribution in [0.2, 0.25) is 0 Å². The molecule has 0 aliphatic carbocycles. The minimum absolute atomic E-state index is 0.123. The summed E-state index contributed by atoms with van der Waals surface area (Å²) in [4.78, 5) is 21.6. The molecule has 3 N–H and O–H groups in total. The van der Waals surface area contributed by atoms with Gasteiger partial charge in [0.1, 0.15) is 11.3 Å². The number of anilines is 1. The first-order chi connectivity index (χ1) is 8.69. The van der Waals surface area contributed by atoms with Crippen molar-refractivity contribution in [1.29, 1.82) is 0 Å². The maximum atomic E-state index is 11.8. The molecule has 6 nitrogen and oxygen atoms in total. The molecule has 104 valence electrons. The Bertz CT molecular complexity index is 500. The maximum Gasteiger partial charge on any atom is 0.422 e. The number of carbonyl (C=O) groups is 2. The van der Waals surface area contributed by atoms with Crippen molar-refractivity contribution in [3.05, 3.63) is 23.8 Å². The first-order valence-corrected chi connectivity index (χ1v) is 4.76. The van der Waals surface area contributed by atoms with E-state index >= 15 is 0 Å². The number of amides is 1. The van der Waals surface area contributed by atoms with Crippen LogP contribution >= 0.6 is 0 Å². The molecule has 0 heterocycles. The zero-order chi connectivity index (χ0) is 14.6. The third kappa shape index (κ3) is 4.74. The highest BCUT2D eigenvalue weighted by atomic mass is 19.4. The van der Waals surface area contributed by atoms with Crippen molar-refractivity contribution in [2.45, 2.75) is 6.18 Å². The third-order valence-electron chi connectivity index (χ3n) is 1.84. The highest BCUT2D eigenvalue weighted by Gasteiger charge is 2.29. The van der Waals surface area contributed by atoms with Gasteiger partial charge in [-0.2, -0.15) is 13.2 Å². The summed E-state index contributed by atoms with van der Waals surface area (Å²) >= 11 is 0. The van der Waals surface area contributed by atoms with Crippen LogP contribution in [0.1, 0.15) is 10.4 Å². The van der Waals surface area contributed by atoms with Crippen LogP contribution in [0.5, 0.6) is 5.75 Å². The third-order valence-corrected chi connectivity index (χ3v) is 1.84. The van der Waals surface area contributed by atoms with E-state index in [-0.39, 0.29) is 5.69 Å². The van der Waals surface area contributed by atoms with Crippen molar-refractivity contribution in [3.8, 4) is 5.75 Å². The normalized spacial score (nSPS) is 10.9. The van der Waals surface area contributed by atoms with E-state index in [1.54, 1.807) is 0 Å². The molecule has 1 aromatic rings. The van der Waals surface area contributed by atoms with E-state index in [9.17, 15) is 27.9 Å². The molecule has 0 saturated heterocycles. The van der Waals surface area contributed by atoms with Crippen molar-refractivity contribution < 1.29 is 37.7 Å². The van der Waals surface area contributed by atoms with Crippen LogP contribution in [0, 0.1) is 0 Å². The van der Waals surface area contributed by atoms with Crippen LogP contribution in [-0.2, 0) is 4.74 Å². The number of hydrogen-bond acceptors (Lipinski definition) is 4. The zero-order valence-corrected chi connectivity index (χ0v) is 9.19. The molecule has 0 bridgehead atoms. The second-order valence-corrected chi connectivity index (χ2v) is 3.35. The monoisotopic (exact) mass is 279 g/mol. The number of phenols is 1. The number of aromatic carboxylic acids is 1. The van der Waals surface area contributed by atoms with Gasteiger partial charge in [0.2, 0.25) is 0 Å². The molecular weight excluding hydrogens is 271 g/mol. The molecular formula is C10H8F3NO5. The van der Waals surface area contributed by atoms with Crippen LogP contribution in [0.4, 0.5) is 23.7 Å². The van der Waals surface area contributed by atoms with Gasteiger partial charge in [0, 0.05) is 5.69 Å². The molecule has 1 aromatic carbocycles. The molecule has 9 heteroatoms. The Morgan fingerprint density at radius 1 is 1.32 bits per heavy atom. The van der Waals surface area contributed by atoms with Gasteiger partial charge in [-0.25, -0.2) is 9.59 Å². The predicted octanol–water partition coefficient (Wildman–Crippen LogP) is 2.20. The first kappa shape index (κ1) is 14.6. The lowest BCUT2D eigenvalue weighted by molar-refractivity contribution is -0.159. The molecule has 0 saturated carbocycles. The van der Waals surface area contributed by atoms with E-state index in [2.05, 4.69) is 4.74 Å².